The predicted octanol–water partition coefficient (Wildman–Crippen LogP) is 2.36. The van der Waals surface area contributed by atoms with Crippen molar-refractivity contribution in [3.05, 3.63) is 35.9 Å². The first-order valence-electron chi connectivity index (χ1n) is 7.71. The minimum Gasteiger partial charge on any atom is -0.353 e. The van der Waals surface area contributed by atoms with Crippen LogP contribution in [0.25, 0.3) is 0 Å². The number of carbonyl (C=O) groups excluding carboxylic acids is 1. The standard InChI is InChI=1S/C17H29N3O/c1-5-9-15(18)16(21)19-12-17(3,4)20-13(2)14-10-7-6-8-11-14/h6-8,10-11,13,15,20H,5,9,12,18H2,1-4H3,(H,19,21). The molecule has 4 N–H and O–H groups in total. The van der Waals surface area contributed by atoms with Gasteiger partial charge in [-0.15, -0.1) is 0 Å². The molecule has 0 bridgehead atoms. The quantitative estimate of drug-likeness (QED) is 0.689. The van der Waals surface area contributed by atoms with E-state index in [4.69, 9.17) is 5.73 Å². The maximum atomic E-state index is 11.9. The van der Waals surface area contributed by atoms with Gasteiger partial charge in [0.25, 0.3) is 0 Å². The van der Waals surface area contributed by atoms with Crippen molar-refractivity contribution in [2.45, 2.75) is 58.2 Å². The zero-order chi connectivity index (χ0) is 15.9. The summed E-state index contributed by atoms with van der Waals surface area (Å²) in [6.07, 6.45) is 1.64. The van der Waals surface area contributed by atoms with Crippen molar-refractivity contribution in [3.8, 4) is 0 Å². The Bertz CT molecular complexity index is 431. The summed E-state index contributed by atoms with van der Waals surface area (Å²) >= 11 is 0. The summed E-state index contributed by atoms with van der Waals surface area (Å²) in [6.45, 7) is 8.87. The Labute approximate surface area is 128 Å². The second-order valence-electron chi connectivity index (χ2n) is 6.27. The smallest absolute Gasteiger partial charge is 0.236 e. The van der Waals surface area contributed by atoms with E-state index in [1.165, 1.54) is 5.56 Å². The van der Waals surface area contributed by atoms with E-state index in [0.717, 1.165) is 12.8 Å². The molecule has 0 aromatic heterocycles. The molecule has 0 fully saturated rings. The Morgan fingerprint density at radius 3 is 2.48 bits per heavy atom. The molecule has 0 aliphatic heterocycles. The zero-order valence-electron chi connectivity index (χ0n) is 13.6. The van der Waals surface area contributed by atoms with Crippen molar-refractivity contribution in [1.29, 1.82) is 0 Å². The zero-order valence-corrected chi connectivity index (χ0v) is 13.6. The minimum atomic E-state index is -0.405. The van der Waals surface area contributed by atoms with Gasteiger partial charge >= 0.3 is 0 Å². The third-order valence-electron chi connectivity index (χ3n) is 3.55. The molecule has 118 valence electrons. The molecular weight excluding hydrogens is 262 g/mol. The molecule has 0 aliphatic rings. The average Bonchev–Trinajstić information content (AvgIpc) is 2.45. The molecule has 2 atom stereocenters. The van der Waals surface area contributed by atoms with Crippen LogP contribution < -0.4 is 16.4 Å². The van der Waals surface area contributed by atoms with Crippen LogP contribution in [0.1, 0.15) is 52.1 Å². The van der Waals surface area contributed by atoms with E-state index in [-0.39, 0.29) is 17.5 Å². The second-order valence-corrected chi connectivity index (χ2v) is 6.27. The minimum absolute atomic E-state index is 0.0703. The van der Waals surface area contributed by atoms with Gasteiger partial charge in [0.05, 0.1) is 6.04 Å². The van der Waals surface area contributed by atoms with Crippen LogP contribution >= 0.6 is 0 Å². The Kier molecular flexibility index (Phi) is 6.85. The lowest BCUT2D eigenvalue weighted by Crippen LogP contribution is -2.52. The number of nitrogens with one attached hydrogen (secondary N) is 2. The summed E-state index contributed by atoms with van der Waals surface area (Å²) in [5.74, 6) is -0.0703. The summed E-state index contributed by atoms with van der Waals surface area (Å²) in [6, 6.07) is 10.1. The highest BCUT2D eigenvalue weighted by molar-refractivity contribution is 5.81. The summed E-state index contributed by atoms with van der Waals surface area (Å²) in [7, 11) is 0. The molecule has 4 nitrogen and oxygen atoms in total. The number of hydrogen-bond acceptors (Lipinski definition) is 3. The van der Waals surface area contributed by atoms with E-state index in [0.29, 0.717) is 6.54 Å². The Balaban J connectivity index is 2.48. The van der Waals surface area contributed by atoms with Gasteiger partial charge in [-0.2, -0.15) is 0 Å². The lowest BCUT2D eigenvalue weighted by Gasteiger charge is -2.31. The van der Waals surface area contributed by atoms with E-state index in [9.17, 15) is 4.79 Å². The molecule has 21 heavy (non-hydrogen) atoms. The molecule has 4 heteroatoms. The molecule has 1 aromatic rings. The number of rotatable bonds is 8. The summed E-state index contributed by atoms with van der Waals surface area (Å²) in [5.41, 5.74) is 6.86. The number of nitrogens with two attached hydrogens (primary N) is 1. The lowest BCUT2D eigenvalue weighted by atomic mass is 10.0. The van der Waals surface area contributed by atoms with E-state index < -0.39 is 6.04 Å². The van der Waals surface area contributed by atoms with Crippen LogP contribution in [0.5, 0.6) is 0 Å². The van der Waals surface area contributed by atoms with Crippen molar-refractivity contribution in [1.82, 2.24) is 10.6 Å². The van der Waals surface area contributed by atoms with Crippen molar-refractivity contribution in [2.24, 2.45) is 5.73 Å². The van der Waals surface area contributed by atoms with Gasteiger partial charge in [-0.05, 0) is 32.8 Å². The predicted molar refractivity (Wildman–Crippen MR) is 88.0 cm³/mol. The Morgan fingerprint density at radius 2 is 1.90 bits per heavy atom. The maximum Gasteiger partial charge on any atom is 0.236 e. The Morgan fingerprint density at radius 1 is 1.29 bits per heavy atom. The first-order chi connectivity index (χ1) is 9.85. The van der Waals surface area contributed by atoms with Gasteiger partial charge in [-0.25, -0.2) is 0 Å². The third kappa shape index (κ3) is 6.27. The maximum absolute atomic E-state index is 11.9. The van der Waals surface area contributed by atoms with Crippen LogP contribution in [0.2, 0.25) is 0 Å². The van der Waals surface area contributed by atoms with Crippen LogP contribution in [0.4, 0.5) is 0 Å². The highest BCUT2D eigenvalue weighted by Crippen LogP contribution is 2.15. The number of benzene rings is 1. The van der Waals surface area contributed by atoms with Crippen molar-refractivity contribution in [3.63, 3.8) is 0 Å². The first-order valence-corrected chi connectivity index (χ1v) is 7.71. The first kappa shape index (κ1) is 17.7. The molecule has 0 aliphatic carbocycles. The van der Waals surface area contributed by atoms with Crippen LogP contribution in [0.3, 0.4) is 0 Å². The Hall–Kier alpha value is -1.39. The molecule has 0 spiro atoms. The van der Waals surface area contributed by atoms with Gasteiger partial charge in [0.15, 0.2) is 0 Å². The van der Waals surface area contributed by atoms with Crippen LogP contribution in [0, 0.1) is 0 Å². The molecular formula is C17H29N3O. The van der Waals surface area contributed by atoms with Gasteiger partial charge in [-0.1, -0.05) is 43.7 Å². The fourth-order valence-corrected chi connectivity index (χ4v) is 2.34. The monoisotopic (exact) mass is 291 g/mol. The second kappa shape index (κ2) is 8.15. The molecule has 0 heterocycles. The van der Waals surface area contributed by atoms with Gasteiger partial charge in [0.1, 0.15) is 0 Å². The summed E-state index contributed by atoms with van der Waals surface area (Å²) < 4.78 is 0. The van der Waals surface area contributed by atoms with E-state index in [2.05, 4.69) is 43.5 Å². The van der Waals surface area contributed by atoms with Crippen LogP contribution in [0.15, 0.2) is 30.3 Å². The summed E-state index contributed by atoms with van der Waals surface area (Å²) in [5, 5.41) is 6.48. The molecule has 2 unspecified atom stereocenters. The van der Waals surface area contributed by atoms with E-state index in [1.54, 1.807) is 0 Å². The SMILES string of the molecule is CCCC(N)C(=O)NCC(C)(C)NC(C)c1ccccc1. The molecule has 0 saturated carbocycles. The van der Waals surface area contributed by atoms with Crippen LogP contribution in [-0.4, -0.2) is 24.0 Å². The number of carbonyl (C=O) groups is 1. The molecule has 0 radical (unpaired) electrons. The van der Waals surface area contributed by atoms with Gasteiger partial charge < -0.3 is 16.4 Å². The van der Waals surface area contributed by atoms with Gasteiger partial charge in [0.2, 0.25) is 5.91 Å². The average molecular weight is 291 g/mol. The normalized spacial score (nSPS) is 14.5. The van der Waals surface area contributed by atoms with E-state index in [1.807, 2.05) is 25.1 Å². The fourth-order valence-electron chi connectivity index (χ4n) is 2.34. The van der Waals surface area contributed by atoms with Gasteiger partial charge in [0, 0.05) is 18.1 Å². The van der Waals surface area contributed by atoms with Crippen molar-refractivity contribution >= 4 is 5.91 Å². The van der Waals surface area contributed by atoms with Crippen molar-refractivity contribution < 1.29 is 4.79 Å². The molecule has 0 saturated heterocycles. The highest BCUT2D eigenvalue weighted by Gasteiger charge is 2.22. The van der Waals surface area contributed by atoms with Crippen molar-refractivity contribution in [2.75, 3.05) is 6.54 Å². The highest BCUT2D eigenvalue weighted by atomic mass is 16.2. The summed E-state index contributed by atoms with van der Waals surface area (Å²) in [4.78, 5) is 11.9. The van der Waals surface area contributed by atoms with E-state index >= 15 is 0 Å². The molecule has 1 amide bonds. The van der Waals surface area contributed by atoms with Crippen LogP contribution in [-0.2, 0) is 4.79 Å². The molecule has 1 aromatic carbocycles. The largest absolute Gasteiger partial charge is 0.353 e. The number of amides is 1. The molecule has 1 rings (SSSR count). The number of hydrogen-bond donors (Lipinski definition) is 3. The lowest BCUT2D eigenvalue weighted by molar-refractivity contribution is -0.122. The fraction of sp³-hybridized carbons (Fsp3) is 0.588. The third-order valence-corrected chi connectivity index (χ3v) is 3.55. The van der Waals surface area contributed by atoms with Gasteiger partial charge in [-0.3, -0.25) is 4.79 Å². The topological polar surface area (TPSA) is 67.2 Å².